The van der Waals surface area contributed by atoms with Crippen LogP contribution in [0.5, 0.6) is 5.75 Å². The molecule has 1 aliphatic rings. The van der Waals surface area contributed by atoms with Gasteiger partial charge in [0.2, 0.25) is 5.91 Å². The number of hydrogen-bond donors (Lipinski definition) is 0. The molecule has 0 atom stereocenters. The lowest BCUT2D eigenvalue weighted by atomic mass is 10.1. The van der Waals surface area contributed by atoms with Crippen LogP contribution in [0.1, 0.15) is 26.0 Å². The van der Waals surface area contributed by atoms with Crippen LogP contribution in [-0.4, -0.2) is 30.0 Å². The topological polar surface area (TPSA) is 59.8 Å². The Morgan fingerprint density at radius 2 is 2.16 bits per heavy atom. The van der Waals surface area contributed by atoms with Crippen LogP contribution >= 0.6 is 0 Å². The number of aryl methyl sites for hydroxylation is 1. The first kappa shape index (κ1) is 13.6. The minimum atomic E-state index is -0.415. The van der Waals surface area contributed by atoms with Gasteiger partial charge in [0, 0.05) is 12.5 Å². The summed E-state index contributed by atoms with van der Waals surface area (Å²) in [6, 6.07) is 3.01. The molecule has 2 heterocycles. The highest BCUT2D eigenvalue weighted by molar-refractivity contribution is 5.77. The first-order valence-corrected chi connectivity index (χ1v) is 6.50. The van der Waals surface area contributed by atoms with Crippen LogP contribution in [0.4, 0.5) is 0 Å². The molecule has 1 aliphatic heterocycles. The minimum absolute atomic E-state index is 0.0303. The van der Waals surface area contributed by atoms with Crippen molar-refractivity contribution in [3.05, 3.63) is 28.3 Å². The molecule has 0 aromatic carbocycles. The summed E-state index contributed by atoms with van der Waals surface area (Å²) in [5, 5.41) is 0. The number of carbonyl (C=O) groups is 1. The highest BCUT2D eigenvalue weighted by Crippen LogP contribution is 2.19. The van der Waals surface area contributed by atoms with Gasteiger partial charge in [-0.25, -0.2) is 4.79 Å². The van der Waals surface area contributed by atoms with Gasteiger partial charge in [-0.1, -0.05) is 13.8 Å². The van der Waals surface area contributed by atoms with Crippen molar-refractivity contribution in [2.75, 3.05) is 13.1 Å². The zero-order chi connectivity index (χ0) is 14.0. The Balaban J connectivity index is 1.84. The predicted octanol–water partition coefficient (Wildman–Crippen LogP) is 1.58. The quantitative estimate of drug-likeness (QED) is 0.829. The number of hydrogen-bond acceptors (Lipinski definition) is 4. The van der Waals surface area contributed by atoms with E-state index in [-0.39, 0.29) is 12.0 Å². The normalized spacial score (nSPS) is 15.5. The SMILES string of the molecule is Cc1cc(OC2CN(C(=O)CC(C)C)C2)cc(=O)o1. The van der Waals surface area contributed by atoms with Gasteiger partial charge in [-0.2, -0.15) is 0 Å². The Labute approximate surface area is 112 Å². The summed E-state index contributed by atoms with van der Waals surface area (Å²) >= 11 is 0. The Kier molecular flexibility index (Phi) is 3.93. The average molecular weight is 265 g/mol. The van der Waals surface area contributed by atoms with E-state index in [1.54, 1.807) is 17.9 Å². The summed E-state index contributed by atoms with van der Waals surface area (Å²) in [6.07, 6.45) is 0.540. The van der Waals surface area contributed by atoms with E-state index >= 15 is 0 Å². The van der Waals surface area contributed by atoms with Crippen molar-refractivity contribution >= 4 is 5.91 Å². The van der Waals surface area contributed by atoms with Crippen molar-refractivity contribution in [1.82, 2.24) is 4.90 Å². The number of likely N-dealkylation sites (tertiary alicyclic amines) is 1. The summed E-state index contributed by atoms with van der Waals surface area (Å²) in [5.41, 5.74) is -0.415. The standard InChI is InChI=1S/C14H19NO4/c1-9(2)4-13(16)15-7-12(8-15)19-11-5-10(3)18-14(17)6-11/h5-6,9,12H,4,7-8H2,1-3H3. The number of ether oxygens (including phenoxy) is 1. The van der Waals surface area contributed by atoms with Gasteiger partial charge in [0.15, 0.2) is 0 Å². The maximum absolute atomic E-state index is 11.7. The van der Waals surface area contributed by atoms with Crippen molar-refractivity contribution in [2.45, 2.75) is 33.3 Å². The van der Waals surface area contributed by atoms with Crippen molar-refractivity contribution in [3.8, 4) is 5.75 Å². The zero-order valence-electron chi connectivity index (χ0n) is 11.5. The molecule has 5 nitrogen and oxygen atoms in total. The molecule has 1 fully saturated rings. The second kappa shape index (κ2) is 5.47. The third-order valence-corrected chi connectivity index (χ3v) is 2.95. The summed E-state index contributed by atoms with van der Waals surface area (Å²) in [7, 11) is 0. The van der Waals surface area contributed by atoms with Gasteiger partial charge in [-0.05, 0) is 12.8 Å². The van der Waals surface area contributed by atoms with Gasteiger partial charge >= 0.3 is 5.63 Å². The number of nitrogens with zero attached hydrogens (tertiary/aromatic N) is 1. The maximum Gasteiger partial charge on any atom is 0.339 e. The van der Waals surface area contributed by atoms with Gasteiger partial charge in [0.05, 0.1) is 19.2 Å². The first-order valence-electron chi connectivity index (χ1n) is 6.50. The lowest BCUT2D eigenvalue weighted by Crippen LogP contribution is -2.56. The molecule has 0 bridgehead atoms. The van der Waals surface area contributed by atoms with Crippen LogP contribution in [0.25, 0.3) is 0 Å². The fourth-order valence-electron chi connectivity index (χ4n) is 2.03. The largest absolute Gasteiger partial charge is 0.486 e. The molecular weight excluding hydrogens is 246 g/mol. The summed E-state index contributed by atoms with van der Waals surface area (Å²) in [5.74, 6) is 1.57. The molecule has 104 valence electrons. The van der Waals surface area contributed by atoms with Gasteiger partial charge in [0.1, 0.15) is 17.6 Å². The molecule has 1 aromatic rings. The molecule has 5 heteroatoms. The maximum atomic E-state index is 11.7. The molecule has 0 radical (unpaired) electrons. The monoisotopic (exact) mass is 265 g/mol. The van der Waals surface area contributed by atoms with Crippen LogP contribution in [0, 0.1) is 12.8 Å². The summed E-state index contributed by atoms with van der Waals surface area (Å²) < 4.78 is 10.5. The molecule has 0 unspecified atom stereocenters. The highest BCUT2D eigenvalue weighted by Gasteiger charge is 2.32. The van der Waals surface area contributed by atoms with E-state index in [4.69, 9.17) is 9.15 Å². The third-order valence-electron chi connectivity index (χ3n) is 2.95. The summed E-state index contributed by atoms with van der Waals surface area (Å²) in [6.45, 7) is 6.93. The third kappa shape index (κ3) is 3.59. The van der Waals surface area contributed by atoms with Crippen molar-refractivity contribution in [3.63, 3.8) is 0 Å². The molecule has 0 saturated carbocycles. The summed E-state index contributed by atoms with van der Waals surface area (Å²) in [4.78, 5) is 24.7. The average Bonchev–Trinajstić information content (AvgIpc) is 2.19. The molecular formula is C14H19NO4. The smallest absolute Gasteiger partial charge is 0.339 e. The molecule has 0 aliphatic carbocycles. The molecule has 0 N–H and O–H groups in total. The molecule has 0 spiro atoms. The fraction of sp³-hybridized carbons (Fsp3) is 0.571. The lowest BCUT2D eigenvalue weighted by Gasteiger charge is -2.39. The van der Waals surface area contributed by atoms with Crippen LogP contribution in [0.15, 0.2) is 21.3 Å². The molecule has 2 rings (SSSR count). The molecule has 1 amide bonds. The second-order valence-electron chi connectivity index (χ2n) is 5.36. The minimum Gasteiger partial charge on any atom is -0.486 e. The zero-order valence-corrected chi connectivity index (χ0v) is 11.5. The lowest BCUT2D eigenvalue weighted by molar-refractivity contribution is -0.140. The number of amides is 1. The Morgan fingerprint density at radius 3 is 2.74 bits per heavy atom. The highest BCUT2D eigenvalue weighted by atomic mass is 16.5. The molecule has 1 saturated heterocycles. The molecule has 19 heavy (non-hydrogen) atoms. The Bertz CT molecular complexity index is 514. The molecule has 1 aromatic heterocycles. The van der Waals surface area contributed by atoms with Crippen molar-refractivity contribution in [1.29, 1.82) is 0 Å². The van der Waals surface area contributed by atoms with E-state index in [1.165, 1.54) is 6.07 Å². The van der Waals surface area contributed by atoms with Crippen LogP contribution in [0.3, 0.4) is 0 Å². The van der Waals surface area contributed by atoms with Crippen LogP contribution in [-0.2, 0) is 4.79 Å². The predicted molar refractivity (Wildman–Crippen MR) is 70.2 cm³/mol. The van der Waals surface area contributed by atoms with Gasteiger partial charge < -0.3 is 14.1 Å². The van der Waals surface area contributed by atoms with Crippen molar-refractivity contribution < 1.29 is 13.9 Å². The fourth-order valence-corrected chi connectivity index (χ4v) is 2.03. The Hall–Kier alpha value is -1.78. The van der Waals surface area contributed by atoms with E-state index < -0.39 is 5.63 Å². The van der Waals surface area contributed by atoms with Gasteiger partial charge in [-0.15, -0.1) is 0 Å². The first-order chi connectivity index (χ1) is 8.94. The van der Waals surface area contributed by atoms with E-state index in [9.17, 15) is 9.59 Å². The van der Waals surface area contributed by atoms with Crippen molar-refractivity contribution in [2.24, 2.45) is 5.92 Å². The number of carbonyl (C=O) groups excluding carboxylic acids is 1. The van der Waals surface area contributed by atoms with Gasteiger partial charge in [-0.3, -0.25) is 4.79 Å². The Morgan fingerprint density at radius 1 is 1.47 bits per heavy atom. The van der Waals surface area contributed by atoms with E-state index in [0.717, 1.165) is 0 Å². The van der Waals surface area contributed by atoms with E-state index in [1.807, 2.05) is 13.8 Å². The van der Waals surface area contributed by atoms with Crippen LogP contribution in [0.2, 0.25) is 0 Å². The number of rotatable bonds is 4. The van der Waals surface area contributed by atoms with Gasteiger partial charge in [0.25, 0.3) is 0 Å². The van der Waals surface area contributed by atoms with Crippen LogP contribution < -0.4 is 10.4 Å². The van der Waals surface area contributed by atoms with E-state index in [0.29, 0.717) is 36.9 Å². The van der Waals surface area contributed by atoms with E-state index in [2.05, 4.69) is 0 Å². The second-order valence-corrected chi connectivity index (χ2v) is 5.36.